The molecule has 0 aliphatic carbocycles. The van der Waals surface area contributed by atoms with Crippen molar-refractivity contribution in [3.8, 4) is 0 Å². The van der Waals surface area contributed by atoms with Crippen LogP contribution in [0.5, 0.6) is 0 Å². The molecule has 1 saturated heterocycles. The molecule has 96 valence electrons. The topological polar surface area (TPSA) is 51.4 Å². The van der Waals surface area contributed by atoms with E-state index >= 15 is 0 Å². The van der Waals surface area contributed by atoms with Gasteiger partial charge in [0.2, 0.25) is 0 Å². The van der Waals surface area contributed by atoms with Crippen LogP contribution in [0.15, 0.2) is 18.2 Å². The molecule has 1 aromatic heterocycles. The Morgan fingerprint density at radius 2 is 2.39 bits per heavy atom. The van der Waals surface area contributed by atoms with Crippen molar-refractivity contribution in [2.24, 2.45) is 0 Å². The molecule has 0 bridgehead atoms. The summed E-state index contributed by atoms with van der Waals surface area (Å²) >= 11 is 1.71. The number of nitrogens with zero attached hydrogens (tertiary/aromatic N) is 2. The minimum Gasteiger partial charge on any atom is -0.399 e. The molecule has 1 unspecified atom stereocenters. The van der Waals surface area contributed by atoms with Gasteiger partial charge in [0.25, 0.3) is 0 Å². The third kappa shape index (κ3) is 2.15. The maximum absolute atomic E-state index is 5.80. The van der Waals surface area contributed by atoms with E-state index in [9.17, 15) is 0 Å². The number of ether oxygens (including phenoxy) is 1. The van der Waals surface area contributed by atoms with Crippen molar-refractivity contribution in [1.82, 2.24) is 4.98 Å². The standard InChI is InChI=1S/C13H17N3OS/c1-17-10-3-2-6-16(8-10)13-15-11-5-4-9(14)7-12(11)18-13/h4-5,7,10H,2-3,6,8,14H2,1H3. The van der Waals surface area contributed by atoms with Crippen LogP contribution in [0.1, 0.15) is 12.8 Å². The second kappa shape index (κ2) is 4.74. The Hall–Kier alpha value is -1.33. The van der Waals surface area contributed by atoms with Crippen LogP contribution in [0.3, 0.4) is 0 Å². The smallest absolute Gasteiger partial charge is 0.186 e. The average molecular weight is 263 g/mol. The number of benzene rings is 1. The van der Waals surface area contributed by atoms with Gasteiger partial charge in [-0.2, -0.15) is 0 Å². The third-order valence-corrected chi connectivity index (χ3v) is 4.46. The predicted octanol–water partition coefficient (Wildman–Crippen LogP) is 2.49. The van der Waals surface area contributed by atoms with Crippen LogP contribution in [-0.4, -0.2) is 31.3 Å². The third-order valence-electron chi connectivity index (χ3n) is 3.38. The van der Waals surface area contributed by atoms with Gasteiger partial charge in [-0.1, -0.05) is 11.3 Å². The molecule has 1 aromatic carbocycles. The maximum Gasteiger partial charge on any atom is 0.186 e. The number of piperidine rings is 1. The summed E-state index contributed by atoms with van der Waals surface area (Å²) in [7, 11) is 1.78. The first kappa shape index (κ1) is 11.7. The second-order valence-corrected chi connectivity index (χ2v) is 5.68. The number of aromatic nitrogens is 1. The molecule has 0 radical (unpaired) electrons. The maximum atomic E-state index is 5.80. The number of methoxy groups -OCH3 is 1. The van der Waals surface area contributed by atoms with Gasteiger partial charge in [-0.3, -0.25) is 0 Å². The summed E-state index contributed by atoms with van der Waals surface area (Å²) in [6.45, 7) is 2.00. The molecule has 0 amide bonds. The Morgan fingerprint density at radius 3 is 3.22 bits per heavy atom. The Bertz CT molecular complexity index is 554. The first-order valence-electron chi connectivity index (χ1n) is 6.20. The van der Waals surface area contributed by atoms with Gasteiger partial charge in [0.05, 0.1) is 16.3 Å². The van der Waals surface area contributed by atoms with Gasteiger partial charge in [0, 0.05) is 25.9 Å². The molecule has 1 fully saturated rings. The van der Waals surface area contributed by atoms with Gasteiger partial charge in [-0.25, -0.2) is 4.98 Å². The van der Waals surface area contributed by atoms with E-state index in [1.54, 1.807) is 18.4 Å². The van der Waals surface area contributed by atoms with Crippen LogP contribution in [-0.2, 0) is 4.74 Å². The highest BCUT2D eigenvalue weighted by Gasteiger charge is 2.21. The molecule has 1 atom stereocenters. The van der Waals surface area contributed by atoms with Gasteiger partial charge in [-0.15, -0.1) is 0 Å². The monoisotopic (exact) mass is 263 g/mol. The quantitative estimate of drug-likeness (QED) is 0.846. The fraction of sp³-hybridized carbons (Fsp3) is 0.462. The normalized spacial score (nSPS) is 20.5. The number of anilines is 2. The first-order valence-corrected chi connectivity index (χ1v) is 7.02. The highest BCUT2D eigenvalue weighted by Crippen LogP contribution is 2.31. The molecule has 2 N–H and O–H groups in total. The van der Waals surface area contributed by atoms with Gasteiger partial charge in [-0.05, 0) is 31.0 Å². The van der Waals surface area contributed by atoms with Gasteiger partial charge >= 0.3 is 0 Å². The highest BCUT2D eigenvalue weighted by molar-refractivity contribution is 7.22. The Morgan fingerprint density at radius 1 is 1.50 bits per heavy atom. The molecular weight excluding hydrogens is 246 g/mol. The average Bonchev–Trinajstić information content (AvgIpc) is 2.81. The largest absolute Gasteiger partial charge is 0.399 e. The van der Waals surface area contributed by atoms with E-state index in [0.717, 1.165) is 47.0 Å². The lowest BCUT2D eigenvalue weighted by Crippen LogP contribution is -2.39. The van der Waals surface area contributed by atoms with Crippen LogP contribution >= 0.6 is 11.3 Å². The lowest BCUT2D eigenvalue weighted by molar-refractivity contribution is 0.0893. The van der Waals surface area contributed by atoms with E-state index in [2.05, 4.69) is 9.88 Å². The number of fused-ring (bicyclic) bond motifs is 1. The molecule has 2 aromatic rings. The summed E-state index contributed by atoms with van der Waals surface area (Å²) < 4.78 is 6.61. The fourth-order valence-electron chi connectivity index (χ4n) is 2.37. The van der Waals surface area contributed by atoms with E-state index in [0.29, 0.717) is 6.10 Å². The van der Waals surface area contributed by atoms with Crippen molar-refractivity contribution in [2.75, 3.05) is 30.8 Å². The molecule has 2 heterocycles. The van der Waals surface area contributed by atoms with Gasteiger partial charge < -0.3 is 15.4 Å². The van der Waals surface area contributed by atoms with E-state index < -0.39 is 0 Å². The molecule has 4 nitrogen and oxygen atoms in total. The fourth-order valence-corrected chi connectivity index (χ4v) is 3.42. The predicted molar refractivity (Wildman–Crippen MR) is 76.3 cm³/mol. The molecule has 5 heteroatoms. The molecule has 0 spiro atoms. The molecule has 1 aliphatic heterocycles. The van der Waals surface area contributed by atoms with Crippen LogP contribution in [0.25, 0.3) is 10.2 Å². The number of hydrogen-bond acceptors (Lipinski definition) is 5. The SMILES string of the molecule is COC1CCCN(c2nc3ccc(N)cc3s2)C1. The van der Waals surface area contributed by atoms with Crippen LogP contribution in [0.4, 0.5) is 10.8 Å². The van der Waals surface area contributed by atoms with Gasteiger partial charge in [0.1, 0.15) is 0 Å². The van der Waals surface area contributed by atoms with Crippen LogP contribution in [0, 0.1) is 0 Å². The first-order chi connectivity index (χ1) is 8.76. The number of thiazole rings is 1. The van der Waals surface area contributed by atoms with Crippen molar-refractivity contribution in [3.05, 3.63) is 18.2 Å². The van der Waals surface area contributed by atoms with E-state index in [1.165, 1.54) is 0 Å². The van der Waals surface area contributed by atoms with Gasteiger partial charge in [0.15, 0.2) is 5.13 Å². The Kier molecular flexibility index (Phi) is 3.09. The summed E-state index contributed by atoms with van der Waals surface area (Å²) in [6, 6.07) is 5.89. The van der Waals surface area contributed by atoms with Crippen LogP contribution in [0.2, 0.25) is 0 Å². The molecule has 0 saturated carbocycles. The zero-order valence-electron chi connectivity index (χ0n) is 10.4. The zero-order valence-corrected chi connectivity index (χ0v) is 11.2. The summed E-state index contributed by atoms with van der Waals surface area (Å²) in [5, 5.41) is 1.08. The number of rotatable bonds is 2. The van der Waals surface area contributed by atoms with Crippen molar-refractivity contribution in [3.63, 3.8) is 0 Å². The number of hydrogen-bond donors (Lipinski definition) is 1. The molecule has 18 heavy (non-hydrogen) atoms. The Labute approximate surface area is 110 Å². The number of nitrogens with two attached hydrogens (primary N) is 1. The lowest BCUT2D eigenvalue weighted by atomic mass is 10.1. The summed E-state index contributed by atoms with van der Waals surface area (Å²) in [5.41, 5.74) is 7.63. The molecule has 1 aliphatic rings. The van der Waals surface area contributed by atoms with Crippen molar-refractivity contribution in [2.45, 2.75) is 18.9 Å². The van der Waals surface area contributed by atoms with Crippen molar-refractivity contribution >= 4 is 32.4 Å². The van der Waals surface area contributed by atoms with Crippen LogP contribution < -0.4 is 10.6 Å². The number of nitrogen functional groups attached to an aromatic ring is 1. The Balaban J connectivity index is 1.89. The van der Waals surface area contributed by atoms with Crippen molar-refractivity contribution < 1.29 is 4.74 Å². The minimum atomic E-state index is 0.329. The lowest BCUT2D eigenvalue weighted by Gasteiger charge is -2.31. The highest BCUT2D eigenvalue weighted by atomic mass is 32.1. The van der Waals surface area contributed by atoms with E-state index in [1.807, 2.05) is 18.2 Å². The minimum absolute atomic E-state index is 0.329. The summed E-state index contributed by atoms with van der Waals surface area (Å²) in [4.78, 5) is 7.00. The van der Waals surface area contributed by atoms with E-state index in [4.69, 9.17) is 10.5 Å². The summed E-state index contributed by atoms with van der Waals surface area (Å²) in [5.74, 6) is 0. The molecule has 3 rings (SSSR count). The summed E-state index contributed by atoms with van der Waals surface area (Å²) in [6.07, 6.45) is 2.64. The zero-order chi connectivity index (χ0) is 12.5. The van der Waals surface area contributed by atoms with E-state index in [-0.39, 0.29) is 0 Å². The molecular formula is C13H17N3OS. The van der Waals surface area contributed by atoms with Crippen molar-refractivity contribution in [1.29, 1.82) is 0 Å². The second-order valence-electron chi connectivity index (χ2n) is 4.67.